The van der Waals surface area contributed by atoms with E-state index in [2.05, 4.69) is 34.6 Å². The van der Waals surface area contributed by atoms with E-state index in [9.17, 15) is 14.4 Å². The first kappa shape index (κ1) is 20.9. The van der Waals surface area contributed by atoms with Crippen molar-refractivity contribution in [1.29, 1.82) is 0 Å². The minimum absolute atomic E-state index is 0.0805. The number of esters is 1. The quantitative estimate of drug-likeness (QED) is 0.286. The van der Waals surface area contributed by atoms with Gasteiger partial charge in [0, 0.05) is 23.3 Å². The fourth-order valence-corrected chi connectivity index (χ4v) is 4.03. The van der Waals surface area contributed by atoms with Crippen LogP contribution in [0.3, 0.4) is 0 Å². The van der Waals surface area contributed by atoms with E-state index in [1.165, 1.54) is 36.6 Å². The number of nitrogens with one attached hydrogen (secondary N) is 1. The van der Waals surface area contributed by atoms with Gasteiger partial charge >= 0.3 is 11.6 Å². The number of nitrogens with zero attached hydrogens (tertiary/aromatic N) is 1. The molecule has 0 amide bonds. The standard InChI is InChI=1S/C21H22N2O5S/c1-11(2)15-9-16-13(6-20(26)28-17(16)5-12(15)3)10-29-21-22-14(7-18(24)23-21)8-19(25)27-4/h5-7,9,11H,8,10H2,1-4H3,(H,22,23,24). The van der Waals surface area contributed by atoms with Crippen LogP contribution in [0.2, 0.25) is 0 Å². The molecule has 0 spiro atoms. The maximum absolute atomic E-state index is 12.0. The molecule has 8 heteroatoms. The van der Waals surface area contributed by atoms with Gasteiger partial charge < -0.3 is 14.1 Å². The zero-order chi connectivity index (χ0) is 21.1. The number of fused-ring (bicyclic) bond motifs is 1. The highest BCUT2D eigenvalue weighted by Crippen LogP contribution is 2.29. The van der Waals surface area contributed by atoms with Crippen molar-refractivity contribution in [3.05, 3.63) is 67.4 Å². The van der Waals surface area contributed by atoms with Crippen molar-refractivity contribution in [1.82, 2.24) is 9.97 Å². The lowest BCUT2D eigenvalue weighted by Gasteiger charge is -2.13. The minimum Gasteiger partial charge on any atom is -0.469 e. The molecule has 7 nitrogen and oxygen atoms in total. The molecule has 0 fully saturated rings. The van der Waals surface area contributed by atoms with E-state index in [1.54, 1.807) is 0 Å². The molecule has 0 radical (unpaired) electrons. The second-order valence-corrected chi connectivity index (χ2v) is 8.00. The smallest absolute Gasteiger partial charge is 0.336 e. The molecule has 2 aromatic heterocycles. The van der Waals surface area contributed by atoms with Crippen molar-refractivity contribution >= 4 is 28.7 Å². The summed E-state index contributed by atoms with van der Waals surface area (Å²) in [7, 11) is 1.28. The van der Waals surface area contributed by atoms with Crippen LogP contribution in [0.15, 0.2) is 43.4 Å². The SMILES string of the molecule is COC(=O)Cc1cc(=O)[nH]c(SCc2cc(=O)oc3cc(C)c(C(C)C)cc23)n1. The highest BCUT2D eigenvalue weighted by atomic mass is 32.2. The van der Waals surface area contributed by atoms with Gasteiger partial charge in [-0.2, -0.15) is 0 Å². The average molecular weight is 414 g/mol. The number of benzene rings is 1. The number of rotatable bonds is 6. The largest absolute Gasteiger partial charge is 0.469 e. The number of aryl methyl sites for hydroxylation is 1. The lowest BCUT2D eigenvalue weighted by molar-refractivity contribution is -0.139. The Morgan fingerprint density at radius 2 is 2.00 bits per heavy atom. The Morgan fingerprint density at radius 1 is 1.24 bits per heavy atom. The monoisotopic (exact) mass is 414 g/mol. The summed E-state index contributed by atoms with van der Waals surface area (Å²) in [5, 5.41) is 1.23. The van der Waals surface area contributed by atoms with Crippen molar-refractivity contribution in [3.8, 4) is 0 Å². The Kier molecular flexibility index (Phi) is 6.22. The van der Waals surface area contributed by atoms with Gasteiger partial charge in [0.1, 0.15) is 5.58 Å². The first-order valence-electron chi connectivity index (χ1n) is 9.14. The third kappa shape index (κ3) is 4.95. The molecule has 1 N–H and O–H groups in total. The number of carbonyl (C=O) groups is 1. The summed E-state index contributed by atoms with van der Waals surface area (Å²) >= 11 is 1.28. The van der Waals surface area contributed by atoms with Gasteiger partial charge in [-0.05, 0) is 41.7 Å². The number of hydrogen-bond donors (Lipinski definition) is 1. The summed E-state index contributed by atoms with van der Waals surface area (Å²) in [5.41, 5.74) is 3.15. The van der Waals surface area contributed by atoms with Crippen molar-refractivity contribution < 1.29 is 13.9 Å². The molecule has 3 aromatic rings. The zero-order valence-electron chi connectivity index (χ0n) is 16.7. The number of hydrogen-bond acceptors (Lipinski definition) is 7. The lowest BCUT2D eigenvalue weighted by atomic mass is 9.95. The molecule has 0 aliphatic heterocycles. The van der Waals surface area contributed by atoms with E-state index in [4.69, 9.17) is 4.42 Å². The molecule has 0 saturated carbocycles. The number of aromatic nitrogens is 2. The Morgan fingerprint density at radius 3 is 2.69 bits per heavy atom. The summed E-state index contributed by atoms with van der Waals surface area (Å²) in [6.45, 7) is 6.23. The van der Waals surface area contributed by atoms with Gasteiger partial charge in [0.25, 0.3) is 5.56 Å². The van der Waals surface area contributed by atoms with Crippen LogP contribution >= 0.6 is 11.8 Å². The summed E-state index contributed by atoms with van der Waals surface area (Å²) in [6, 6.07) is 6.67. The van der Waals surface area contributed by atoms with Gasteiger partial charge in [-0.25, -0.2) is 9.78 Å². The summed E-state index contributed by atoms with van der Waals surface area (Å²) in [6.07, 6.45) is -0.0805. The Balaban J connectivity index is 1.94. The maximum atomic E-state index is 12.0. The molecule has 0 aliphatic carbocycles. The van der Waals surface area contributed by atoms with Crippen molar-refractivity contribution in [2.75, 3.05) is 7.11 Å². The van der Waals surface area contributed by atoms with Crippen molar-refractivity contribution in [2.45, 2.75) is 44.0 Å². The van der Waals surface area contributed by atoms with Gasteiger partial charge in [-0.3, -0.25) is 9.59 Å². The molecule has 2 heterocycles. The van der Waals surface area contributed by atoms with Crippen LogP contribution in [0.4, 0.5) is 0 Å². The fraction of sp³-hybridized carbons (Fsp3) is 0.333. The molecule has 0 bridgehead atoms. The fourth-order valence-electron chi connectivity index (χ4n) is 3.14. The number of carbonyl (C=O) groups excluding carboxylic acids is 1. The molecule has 29 heavy (non-hydrogen) atoms. The second kappa shape index (κ2) is 8.65. The van der Waals surface area contributed by atoms with Crippen LogP contribution in [-0.4, -0.2) is 23.0 Å². The Labute approximate surface area is 171 Å². The van der Waals surface area contributed by atoms with Gasteiger partial charge in [-0.1, -0.05) is 25.6 Å². The van der Waals surface area contributed by atoms with Crippen molar-refractivity contribution in [3.63, 3.8) is 0 Å². The van der Waals surface area contributed by atoms with E-state index < -0.39 is 11.6 Å². The van der Waals surface area contributed by atoms with E-state index in [1.807, 2.05) is 13.0 Å². The number of H-pyrrole nitrogens is 1. The van der Waals surface area contributed by atoms with Crippen LogP contribution in [-0.2, 0) is 21.7 Å². The highest BCUT2D eigenvalue weighted by Gasteiger charge is 2.13. The lowest BCUT2D eigenvalue weighted by Crippen LogP contribution is -2.14. The predicted molar refractivity (Wildman–Crippen MR) is 111 cm³/mol. The van der Waals surface area contributed by atoms with Crippen LogP contribution in [0.5, 0.6) is 0 Å². The first-order chi connectivity index (χ1) is 13.8. The third-order valence-electron chi connectivity index (χ3n) is 4.53. The Bertz CT molecular complexity index is 1180. The zero-order valence-corrected chi connectivity index (χ0v) is 17.5. The van der Waals surface area contributed by atoms with Crippen LogP contribution < -0.4 is 11.2 Å². The number of ether oxygens (including phenoxy) is 1. The molecule has 0 saturated heterocycles. The van der Waals surface area contributed by atoms with Crippen LogP contribution in [0.1, 0.15) is 42.1 Å². The topological polar surface area (TPSA) is 102 Å². The van der Waals surface area contributed by atoms with E-state index in [-0.39, 0.29) is 12.0 Å². The maximum Gasteiger partial charge on any atom is 0.336 e. The molecule has 1 aromatic carbocycles. The predicted octanol–water partition coefficient (Wildman–Crippen LogP) is 3.32. The molecule has 0 unspecified atom stereocenters. The second-order valence-electron chi connectivity index (χ2n) is 7.03. The van der Waals surface area contributed by atoms with Gasteiger partial charge in [0.2, 0.25) is 0 Å². The number of methoxy groups -OCH3 is 1. The Hall–Kier alpha value is -2.87. The van der Waals surface area contributed by atoms with Gasteiger partial charge in [0.05, 0.1) is 19.2 Å². The minimum atomic E-state index is -0.470. The molecule has 152 valence electrons. The van der Waals surface area contributed by atoms with Crippen LogP contribution in [0, 0.1) is 6.92 Å². The summed E-state index contributed by atoms with van der Waals surface area (Å²) in [5.74, 6) is 0.273. The third-order valence-corrected chi connectivity index (χ3v) is 5.45. The molecule has 3 rings (SSSR count). The van der Waals surface area contributed by atoms with Crippen LogP contribution in [0.25, 0.3) is 11.0 Å². The van der Waals surface area contributed by atoms with Crippen molar-refractivity contribution in [2.24, 2.45) is 0 Å². The first-order valence-corrected chi connectivity index (χ1v) is 10.1. The molecular weight excluding hydrogens is 392 g/mol. The molecular formula is C21H22N2O5S. The normalized spacial score (nSPS) is 11.2. The van der Waals surface area contributed by atoms with Gasteiger partial charge in [0.15, 0.2) is 5.16 Å². The van der Waals surface area contributed by atoms with E-state index >= 15 is 0 Å². The number of aromatic amines is 1. The summed E-state index contributed by atoms with van der Waals surface area (Å²) in [4.78, 5) is 42.3. The number of thioether (sulfide) groups is 1. The molecule has 0 aliphatic rings. The van der Waals surface area contributed by atoms with E-state index in [0.717, 1.165) is 16.5 Å². The van der Waals surface area contributed by atoms with Gasteiger partial charge in [-0.15, -0.1) is 0 Å². The average Bonchev–Trinajstić information content (AvgIpc) is 2.64. The molecule has 0 atom stereocenters. The van der Waals surface area contributed by atoms with E-state index in [0.29, 0.717) is 28.1 Å². The summed E-state index contributed by atoms with van der Waals surface area (Å²) < 4.78 is 10.00. The highest BCUT2D eigenvalue weighted by molar-refractivity contribution is 7.98.